The first-order valence-corrected chi connectivity index (χ1v) is 6.41. The molecule has 20 heavy (non-hydrogen) atoms. The molecule has 0 saturated carbocycles. The molecule has 0 fully saturated rings. The Labute approximate surface area is 119 Å². The molecule has 2 aromatic rings. The summed E-state index contributed by atoms with van der Waals surface area (Å²) in [5.41, 5.74) is 8.83. The number of nitrogens with two attached hydrogens (primary N) is 1. The fourth-order valence-corrected chi connectivity index (χ4v) is 2.23. The number of rotatable bonds is 3. The summed E-state index contributed by atoms with van der Waals surface area (Å²) in [5.74, 6) is 0.476. The molecule has 3 heteroatoms. The molecule has 104 valence electrons. The Morgan fingerprint density at radius 2 is 1.35 bits per heavy atom. The van der Waals surface area contributed by atoms with E-state index in [1.54, 1.807) is 30.3 Å². The maximum Gasteiger partial charge on any atom is 0.118 e. The number of aromatic hydroxyl groups is 2. The lowest BCUT2D eigenvalue weighted by Crippen LogP contribution is -2.35. The molecule has 2 aromatic carbocycles. The molecule has 3 nitrogen and oxygen atoms in total. The van der Waals surface area contributed by atoms with E-state index in [9.17, 15) is 10.2 Å². The van der Waals surface area contributed by atoms with E-state index < -0.39 is 5.54 Å². The lowest BCUT2D eigenvalue weighted by atomic mass is 9.82. The van der Waals surface area contributed by atoms with Crippen molar-refractivity contribution < 1.29 is 10.2 Å². The SMILES string of the molecule is C=CC(N)(c1ccc(O)c(C)c1)c1ccc(O)c(C)c1. The molecule has 0 bridgehead atoms. The van der Waals surface area contributed by atoms with Crippen LogP contribution in [-0.2, 0) is 5.54 Å². The van der Waals surface area contributed by atoms with Crippen molar-refractivity contribution in [3.63, 3.8) is 0 Å². The number of aryl methyl sites for hydroxylation is 2. The second-order valence-electron chi connectivity index (χ2n) is 5.08. The van der Waals surface area contributed by atoms with Gasteiger partial charge in [-0.3, -0.25) is 0 Å². The van der Waals surface area contributed by atoms with Gasteiger partial charge >= 0.3 is 0 Å². The molecule has 0 amide bonds. The van der Waals surface area contributed by atoms with Crippen LogP contribution >= 0.6 is 0 Å². The Hall–Kier alpha value is -2.26. The fraction of sp³-hybridized carbons (Fsp3) is 0.176. The van der Waals surface area contributed by atoms with E-state index in [1.807, 2.05) is 26.0 Å². The van der Waals surface area contributed by atoms with Crippen LogP contribution in [0.4, 0.5) is 0 Å². The summed E-state index contributed by atoms with van der Waals surface area (Å²) in [7, 11) is 0. The van der Waals surface area contributed by atoms with Crippen molar-refractivity contribution in [2.45, 2.75) is 19.4 Å². The Bertz CT molecular complexity index is 611. The standard InChI is InChI=1S/C17H19NO2/c1-4-17(18,13-5-7-15(19)11(2)9-13)14-6-8-16(20)12(3)10-14/h4-10,19-20H,1,18H2,2-3H3. The Morgan fingerprint density at radius 3 is 1.65 bits per heavy atom. The largest absolute Gasteiger partial charge is 0.508 e. The van der Waals surface area contributed by atoms with Gasteiger partial charge in [0.2, 0.25) is 0 Å². The third-order valence-corrected chi connectivity index (χ3v) is 3.67. The van der Waals surface area contributed by atoms with Gasteiger partial charge in [-0.15, -0.1) is 6.58 Å². The molecule has 0 aliphatic rings. The van der Waals surface area contributed by atoms with Gasteiger partial charge in [0, 0.05) is 0 Å². The van der Waals surface area contributed by atoms with Gasteiger partial charge in [-0.25, -0.2) is 0 Å². The van der Waals surface area contributed by atoms with Crippen molar-refractivity contribution in [2.75, 3.05) is 0 Å². The van der Waals surface area contributed by atoms with Crippen molar-refractivity contribution >= 4 is 0 Å². The first-order chi connectivity index (χ1) is 9.38. The van der Waals surface area contributed by atoms with E-state index in [4.69, 9.17) is 5.73 Å². The third-order valence-electron chi connectivity index (χ3n) is 3.67. The van der Waals surface area contributed by atoms with E-state index in [-0.39, 0.29) is 11.5 Å². The Morgan fingerprint density at radius 1 is 0.950 bits per heavy atom. The molecule has 0 aliphatic heterocycles. The van der Waals surface area contributed by atoms with Crippen molar-refractivity contribution in [1.29, 1.82) is 0 Å². The lowest BCUT2D eigenvalue weighted by molar-refractivity contribution is 0.470. The van der Waals surface area contributed by atoms with Crippen molar-refractivity contribution in [2.24, 2.45) is 5.73 Å². The Kier molecular flexibility index (Phi) is 3.55. The van der Waals surface area contributed by atoms with E-state index >= 15 is 0 Å². The van der Waals surface area contributed by atoms with Gasteiger partial charge in [0.05, 0.1) is 5.54 Å². The highest BCUT2D eigenvalue weighted by Crippen LogP contribution is 2.32. The predicted octanol–water partition coefficient (Wildman–Crippen LogP) is 3.10. The zero-order valence-corrected chi connectivity index (χ0v) is 11.7. The fourth-order valence-electron chi connectivity index (χ4n) is 2.23. The van der Waals surface area contributed by atoms with Crippen LogP contribution < -0.4 is 5.73 Å². The summed E-state index contributed by atoms with van der Waals surface area (Å²) >= 11 is 0. The first-order valence-electron chi connectivity index (χ1n) is 6.41. The van der Waals surface area contributed by atoms with Gasteiger partial charge in [0.1, 0.15) is 11.5 Å². The lowest BCUT2D eigenvalue weighted by Gasteiger charge is -2.28. The monoisotopic (exact) mass is 269 g/mol. The van der Waals surface area contributed by atoms with Crippen LogP contribution in [0.15, 0.2) is 49.1 Å². The summed E-state index contributed by atoms with van der Waals surface area (Å²) in [6.45, 7) is 7.49. The summed E-state index contributed by atoms with van der Waals surface area (Å²) in [5, 5.41) is 19.3. The van der Waals surface area contributed by atoms with E-state index in [1.165, 1.54) is 0 Å². The minimum atomic E-state index is -0.864. The highest BCUT2D eigenvalue weighted by atomic mass is 16.3. The van der Waals surface area contributed by atoms with Crippen molar-refractivity contribution in [1.82, 2.24) is 0 Å². The smallest absolute Gasteiger partial charge is 0.118 e. The molecule has 2 rings (SSSR count). The summed E-state index contributed by atoms with van der Waals surface area (Å²) < 4.78 is 0. The minimum absolute atomic E-state index is 0.238. The molecule has 0 spiro atoms. The molecule has 0 unspecified atom stereocenters. The molecule has 0 heterocycles. The second kappa shape index (κ2) is 5.02. The molecule has 4 N–H and O–H groups in total. The van der Waals surface area contributed by atoms with Crippen LogP contribution in [0.2, 0.25) is 0 Å². The molecular formula is C17H19NO2. The number of phenolic OH excluding ortho intramolecular Hbond substituents is 2. The predicted molar refractivity (Wildman–Crippen MR) is 80.9 cm³/mol. The highest BCUT2D eigenvalue weighted by molar-refractivity contribution is 5.49. The second-order valence-corrected chi connectivity index (χ2v) is 5.08. The molecule has 0 atom stereocenters. The molecule has 0 aromatic heterocycles. The highest BCUT2D eigenvalue weighted by Gasteiger charge is 2.27. The van der Waals surface area contributed by atoms with Gasteiger partial charge in [-0.05, 0) is 60.4 Å². The third kappa shape index (κ3) is 2.28. The summed E-state index contributed by atoms with van der Waals surface area (Å²) in [6.07, 6.45) is 1.67. The van der Waals surface area contributed by atoms with Crippen LogP contribution in [0.25, 0.3) is 0 Å². The molecule has 0 radical (unpaired) electrons. The van der Waals surface area contributed by atoms with Gasteiger partial charge in [0.15, 0.2) is 0 Å². The van der Waals surface area contributed by atoms with Crippen LogP contribution in [-0.4, -0.2) is 10.2 Å². The van der Waals surface area contributed by atoms with Gasteiger partial charge in [-0.2, -0.15) is 0 Å². The average Bonchev–Trinajstić information content (AvgIpc) is 2.44. The molecular weight excluding hydrogens is 250 g/mol. The van der Waals surface area contributed by atoms with Crippen LogP contribution in [0.1, 0.15) is 22.3 Å². The van der Waals surface area contributed by atoms with Gasteiger partial charge < -0.3 is 15.9 Å². The van der Waals surface area contributed by atoms with Crippen molar-refractivity contribution in [3.05, 3.63) is 71.3 Å². The first kappa shape index (κ1) is 14.2. The van der Waals surface area contributed by atoms with Crippen LogP contribution in [0.5, 0.6) is 11.5 Å². The quantitative estimate of drug-likeness (QED) is 0.750. The number of hydrogen-bond donors (Lipinski definition) is 3. The maximum absolute atomic E-state index is 9.63. The van der Waals surface area contributed by atoms with Crippen molar-refractivity contribution in [3.8, 4) is 11.5 Å². The maximum atomic E-state index is 9.63. The van der Waals surface area contributed by atoms with Crippen LogP contribution in [0, 0.1) is 13.8 Å². The van der Waals surface area contributed by atoms with E-state index in [0.717, 1.165) is 22.3 Å². The zero-order chi connectivity index (χ0) is 14.9. The number of phenols is 2. The topological polar surface area (TPSA) is 66.5 Å². The zero-order valence-electron chi connectivity index (χ0n) is 11.7. The van der Waals surface area contributed by atoms with E-state index in [0.29, 0.717) is 0 Å². The normalized spacial score (nSPS) is 11.3. The summed E-state index contributed by atoms with van der Waals surface area (Å²) in [4.78, 5) is 0. The Balaban J connectivity index is 2.60. The minimum Gasteiger partial charge on any atom is -0.508 e. The summed E-state index contributed by atoms with van der Waals surface area (Å²) in [6, 6.07) is 10.5. The number of hydrogen-bond acceptors (Lipinski definition) is 3. The average molecular weight is 269 g/mol. The van der Waals surface area contributed by atoms with Gasteiger partial charge in [-0.1, -0.05) is 18.2 Å². The van der Waals surface area contributed by atoms with Crippen LogP contribution in [0.3, 0.4) is 0 Å². The van der Waals surface area contributed by atoms with E-state index in [2.05, 4.69) is 6.58 Å². The van der Waals surface area contributed by atoms with Gasteiger partial charge in [0.25, 0.3) is 0 Å². The molecule has 0 aliphatic carbocycles. The number of benzene rings is 2. The molecule has 0 saturated heterocycles.